The number of rotatable bonds is 5. The third kappa shape index (κ3) is 2.91. The molecule has 0 unspecified atom stereocenters. The van der Waals surface area contributed by atoms with Crippen LogP contribution in [0.15, 0.2) is 28.8 Å². The van der Waals surface area contributed by atoms with Gasteiger partial charge in [-0.2, -0.15) is 4.98 Å². The van der Waals surface area contributed by atoms with Crippen LogP contribution in [-0.4, -0.2) is 23.2 Å². The number of ether oxygens (including phenoxy) is 1. The molecule has 0 aliphatic heterocycles. The number of aromatic nitrogens is 2. The number of carbonyl (C=O) groups is 1. The summed E-state index contributed by atoms with van der Waals surface area (Å²) in [7, 11) is 1.62. The average molecular weight is 367 g/mol. The lowest BCUT2D eigenvalue weighted by Crippen LogP contribution is -2.53. The Morgan fingerprint density at radius 3 is 2.52 bits per heavy atom. The molecule has 1 N–H and O–H groups in total. The molecular weight excluding hydrogens is 342 g/mol. The summed E-state index contributed by atoms with van der Waals surface area (Å²) in [6.07, 6.45) is 7.17. The van der Waals surface area contributed by atoms with Gasteiger partial charge in [-0.1, -0.05) is 17.3 Å². The SMILES string of the molecule is COc1ccccc1-c1noc(CNC(=O)C23CC4CC(CC(C4)C2)C3)n1. The quantitative estimate of drug-likeness (QED) is 0.874. The summed E-state index contributed by atoms with van der Waals surface area (Å²) >= 11 is 0. The first kappa shape index (κ1) is 16.8. The predicted octanol–water partition coefficient (Wildman–Crippen LogP) is 3.58. The molecule has 0 spiro atoms. The standard InChI is InChI=1S/C21H25N3O3/c1-26-17-5-3-2-4-16(17)19-23-18(27-24-19)12-22-20(25)21-9-13-6-14(10-21)8-15(7-13)11-21/h2-5,13-15H,6-12H2,1H3,(H,22,25). The molecule has 6 rings (SSSR count). The highest BCUT2D eigenvalue weighted by atomic mass is 16.5. The number of benzene rings is 1. The minimum absolute atomic E-state index is 0.153. The van der Waals surface area contributed by atoms with Crippen LogP contribution in [0.1, 0.15) is 44.4 Å². The van der Waals surface area contributed by atoms with Crippen LogP contribution in [0.3, 0.4) is 0 Å². The molecule has 27 heavy (non-hydrogen) atoms. The van der Waals surface area contributed by atoms with Crippen molar-refractivity contribution >= 4 is 5.91 Å². The lowest BCUT2D eigenvalue weighted by Gasteiger charge is -2.55. The van der Waals surface area contributed by atoms with Crippen molar-refractivity contribution in [3.63, 3.8) is 0 Å². The highest BCUT2D eigenvalue weighted by Gasteiger charge is 2.54. The number of hydrogen-bond donors (Lipinski definition) is 1. The second-order valence-corrected chi connectivity index (χ2v) is 8.59. The lowest BCUT2D eigenvalue weighted by atomic mass is 9.49. The van der Waals surface area contributed by atoms with E-state index < -0.39 is 0 Å². The molecule has 1 aromatic heterocycles. The minimum atomic E-state index is -0.153. The van der Waals surface area contributed by atoms with Crippen LogP contribution in [0.2, 0.25) is 0 Å². The van der Waals surface area contributed by atoms with Crippen LogP contribution < -0.4 is 10.1 Å². The van der Waals surface area contributed by atoms with E-state index in [1.165, 1.54) is 19.3 Å². The van der Waals surface area contributed by atoms with Gasteiger partial charge in [0.1, 0.15) is 5.75 Å². The van der Waals surface area contributed by atoms with E-state index in [9.17, 15) is 4.79 Å². The molecule has 0 saturated heterocycles. The van der Waals surface area contributed by atoms with E-state index in [-0.39, 0.29) is 17.9 Å². The highest BCUT2D eigenvalue weighted by Crippen LogP contribution is 2.60. The summed E-state index contributed by atoms with van der Waals surface area (Å²) in [6.45, 7) is 0.280. The zero-order valence-electron chi connectivity index (χ0n) is 15.6. The second kappa shape index (κ2) is 6.36. The number of nitrogens with zero attached hydrogens (tertiary/aromatic N) is 2. The Kier molecular flexibility index (Phi) is 3.95. The van der Waals surface area contributed by atoms with Gasteiger partial charge in [0.05, 0.1) is 19.2 Å². The van der Waals surface area contributed by atoms with Crippen molar-refractivity contribution in [2.24, 2.45) is 23.2 Å². The fourth-order valence-corrected chi connectivity index (χ4v) is 6.00. The molecule has 0 radical (unpaired) electrons. The first-order chi connectivity index (χ1) is 13.1. The number of para-hydroxylation sites is 1. The first-order valence-electron chi connectivity index (χ1n) is 9.89. The van der Waals surface area contributed by atoms with Gasteiger partial charge in [-0.05, 0) is 68.4 Å². The molecule has 4 saturated carbocycles. The Balaban J connectivity index is 1.27. The number of amides is 1. The van der Waals surface area contributed by atoms with Crippen LogP contribution in [0.5, 0.6) is 5.75 Å². The van der Waals surface area contributed by atoms with Crippen molar-refractivity contribution in [3.05, 3.63) is 30.2 Å². The van der Waals surface area contributed by atoms with Gasteiger partial charge in [-0.25, -0.2) is 0 Å². The van der Waals surface area contributed by atoms with E-state index in [0.29, 0.717) is 17.5 Å². The topological polar surface area (TPSA) is 77.3 Å². The van der Waals surface area contributed by atoms with Crippen LogP contribution in [0.4, 0.5) is 0 Å². The van der Waals surface area contributed by atoms with Crippen LogP contribution in [0, 0.1) is 23.2 Å². The van der Waals surface area contributed by atoms with E-state index in [2.05, 4.69) is 15.5 Å². The summed E-state index contributed by atoms with van der Waals surface area (Å²) < 4.78 is 10.7. The summed E-state index contributed by atoms with van der Waals surface area (Å²) in [5, 5.41) is 7.13. The minimum Gasteiger partial charge on any atom is -0.496 e. The van der Waals surface area contributed by atoms with E-state index in [1.54, 1.807) is 7.11 Å². The summed E-state index contributed by atoms with van der Waals surface area (Å²) in [6, 6.07) is 7.55. The van der Waals surface area contributed by atoms with Crippen molar-refractivity contribution in [2.45, 2.75) is 45.1 Å². The van der Waals surface area contributed by atoms with Crippen LogP contribution in [-0.2, 0) is 11.3 Å². The van der Waals surface area contributed by atoms with Gasteiger partial charge in [0.25, 0.3) is 0 Å². The van der Waals surface area contributed by atoms with Crippen molar-refractivity contribution < 1.29 is 14.1 Å². The zero-order valence-corrected chi connectivity index (χ0v) is 15.6. The molecule has 4 aliphatic carbocycles. The molecule has 6 heteroatoms. The number of carbonyl (C=O) groups excluding carboxylic acids is 1. The molecule has 6 nitrogen and oxygen atoms in total. The number of methoxy groups -OCH3 is 1. The number of hydrogen-bond acceptors (Lipinski definition) is 5. The fourth-order valence-electron chi connectivity index (χ4n) is 6.00. The van der Waals surface area contributed by atoms with E-state index in [4.69, 9.17) is 9.26 Å². The van der Waals surface area contributed by atoms with E-state index >= 15 is 0 Å². The third-order valence-electron chi connectivity index (χ3n) is 6.74. The lowest BCUT2D eigenvalue weighted by molar-refractivity contribution is -0.146. The molecular formula is C21H25N3O3. The Hall–Kier alpha value is -2.37. The van der Waals surface area contributed by atoms with Gasteiger partial charge >= 0.3 is 0 Å². The zero-order chi connectivity index (χ0) is 18.4. The van der Waals surface area contributed by atoms with Gasteiger partial charge in [-0.15, -0.1) is 0 Å². The summed E-state index contributed by atoms with van der Waals surface area (Å²) in [5.74, 6) is 4.04. The molecule has 142 valence electrons. The first-order valence-corrected chi connectivity index (χ1v) is 9.89. The van der Waals surface area contributed by atoms with Gasteiger partial charge in [-0.3, -0.25) is 4.79 Å². The van der Waals surface area contributed by atoms with Crippen LogP contribution >= 0.6 is 0 Å². The Labute approximate surface area is 158 Å². The molecule has 0 atom stereocenters. The maximum absolute atomic E-state index is 13.0. The maximum atomic E-state index is 13.0. The van der Waals surface area contributed by atoms with Gasteiger partial charge in [0, 0.05) is 5.41 Å². The summed E-state index contributed by atoms with van der Waals surface area (Å²) in [4.78, 5) is 17.5. The monoisotopic (exact) mass is 367 g/mol. The predicted molar refractivity (Wildman–Crippen MR) is 98.7 cm³/mol. The third-order valence-corrected chi connectivity index (χ3v) is 6.74. The van der Waals surface area contributed by atoms with Crippen LogP contribution in [0.25, 0.3) is 11.4 Å². The fraction of sp³-hybridized carbons (Fsp3) is 0.571. The Morgan fingerprint density at radius 2 is 1.85 bits per heavy atom. The van der Waals surface area contributed by atoms with Crippen molar-refractivity contribution in [3.8, 4) is 17.1 Å². The Morgan fingerprint density at radius 1 is 1.19 bits per heavy atom. The molecule has 1 heterocycles. The largest absolute Gasteiger partial charge is 0.496 e. The van der Waals surface area contributed by atoms with Crippen molar-refractivity contribution in [1.82, 2.24) is 15.5 Å². The molecule has 4 fully saturated rings. The van der Waals surface area contributed by atoms with E-state index in [0.717, 1.165) is 42.6 Å². The second-order valence-electron chi connectivity index (χ2n) is 8.59. The van der Waals surface area contributed by atoms with E-state index in [1.807, 2.05) is 24.3 Å². The van der Waals surface area contributed by atoms with Gasteiger partial charge in [0.2, 0.25) is 17.6 Å². The van der Waals surface area contributed by atoms with Crippen molar-refractivity contribution in [2.75, 3.05) is 7.11 Å². The molecule has 4 bridgehead atoms. The van der Waals surface area contributed by atoms with Crippen molar-refractivity contribution in [1.29, 1.82) is 0 Å². The Bertz CT molecular complexity index is 825. The normalized spacial score (nSPS) is 31.1. The molecule has 2 aromatic rings. The smallest absolute Gasteiger partial charge is 0.246 e. The molecule has 1 amide bonds. The highest BCUT2D eigenvalue weighted by molar-refractivity contribution is 5.83. The van der Waals surface area contributed by atoms with Gasteiger partial charge in [0.15, 0.2) is 0 Å². The average Bonchev–Trinajstić information content (AvgIpc) is 3.14. The molecule has 1 aromatic carbocycles. The summed E-state index contributed by atoms with van der Waals surface area (Å²) in [5.41, 5.74) is 0.627. The molecule has 4 aliphatic rings. The number of nitrogens with one attached hydrogen (secondary N) is 1. The maximum Gasteiger partial charge on any atom is 0.246 e. The van der Waals surface area contributed by atoms with Gasteiger partial charge < -0.3 is 14.6 Å².